The summed E-state index contributed by atoms with van der Waals surface area (Å²) in [5, 5.41) is 3.09. The van der Waals surface area contributed by atoms with E-state index in [1.807, 2.05) is 60.8 Å². The van der Waals surface area contributed by atoms with Crippen molar-refractivity contribution in [3.63, 3.8) is 0 Å². The number of aromatic amines is 1. The largest absolute Gasteiger partial charge is 0.497 e. The van der Waals surface area contributed by atoms with Crippen LogP contribution in [-0.4, -0.2) is 28.2 Å². The summed E-state index contributed by atoms with van der Waals surface area (Å²) in [6.45, 7) is 1.38. The number of rotatable bonds is 5. The van der Waals surface area contributed by atoms with Crippen LogP contribution < -0.4 is 16.0 Å². The lowest BCUT2D eigenvalue weighted by Crippen LogP contribution is -2.11. The van der Waals surface area contributed by atoms with Crippen molar-refractivity contribution in [2.45, 2.75) is 13.0 Å². The van der Waals surface area contributed by atoms with Crippen molar-refractivity contribution in [2.75, 3.05) is 13.7 Å². The van der Waals surface area contributed by atoms with E-state index in [9.17, 15) is 4.79 Å². The van der Waals surface area contributed by atoms with E-state index in [1.165, 1.54) is 0 Å². The third-order valence-corrected chi connectivity index (χ3v) is 5.51. The van der Waals surface area contributed by atoms with Crippen molar-refractivity contribution in [1.82, 2.24) is 14.5 Å². The Balaban J connectivity index is 1.76. The summed E-state index contributed by atoms with van der Waals surface area (Å²) in [6.07, 6.45) is 2.84. The van der Waals surface area contributed by atoms with Gasteiger partial charge in [-0.2, -0.15) is 0 Å². The molecule has 0 aliphatic rings. The van der Waals surface area contributed by atoms with E-state index < -0.39 is 0 Å². The number of aryl methyl sites for hydroxylation is 1. The highest BCUT2D eigenvalue weighted by molar-refractivity contribution is 5.98. The first-order chi connectivity index (χ1) is 14.7. The van der Waals surface area contributed by atoms with Crippen LogP contribution in [0.5, 0.6) is 5.75 Å². The SMILES string of the molecule is COc1ccc2c(c1)c(-c1nc3cc4ccccc4cc3[nH]c1=O)cn2CCCN. The van der Waals surface area contributed by atoms with Crippen LogP contribution in [0.25, 0.3) is 44.0 Å². The predicted molar refractivity (Wildman–Crippen MR) is 121 cm³/mol. The summed E-state index contributed by atoms with van der Waals surface area (Å²) in [6, 6.07) is 17.9. The highest BCUT2D eigenvalue weighted by Crippen LogP contribution is 2.32. The molecular weight excluding hydrogens is 376 g/mol. The van der Waals surface area contributed by atoms with Crippen LogP contribution in [0.15, 0.2) is 65.6 Å². The fraction of sp³-hybridized carbons (Fsp3) is 0.167. The van der Waals surface area contributed by atoms with E-state index in [2.05, 4.69) is 9.55 Å². The Kier molecular flexibility index (Phi) is 4.48. The van der Waals surface area contributed by atoms with Gasteiger partial charge in [0.25, 0.3) is 5.56 Å². The Morgan fingerprint density at radius 2 is 1.90 bits per heavy atom. The molecule has 0 atom stereocenters. The minimum absolute atomic E-state index is 0.210. The molecule has 0 bridgehead atoms. The molecule has 0 spiro atoms. The Bertz CT molecular complexity index is 1450. The predicted octanol–water partition coefficient (Wildman–Crippen LogP) is 4.06. The minimum Gasteiger partial charge on any atom is -0.497 e. The molecule has 0 radical (unpaired) electrons. The number of aromatic nitrogens is 3. The van der Waals surface area contributed by atoms with Gasteiger partial charge < -0.3 is 20.0 Å². The lowest BCUT2D eigenvalue weighted by atomic mass is 10.1. The molecule has 150 valence electrons. The molecule has 0 unspecified atom stereocenters. The van der Waals surface area contributed by atoms with Crippen LogP contribution in [0.4, 0.5) is 0 Å². The number of nitrogens with zero attached hydrogens (tertiary/aromatic N) is 2. The number of H-pyrrole nitrogens is 1. The molecule has 0 saturated carbocycles. The smallest absolute Gasteiger partial charge is 0.275 e. The average Bonchev–Trinajstić information content (AvgIpc) is 3.13. The van der Waals surface area contributed by atoms with E-state index in [0.717, 1.165) is 57.0 Å². The van der Waals surface area contributed by atoms with E-state index >= 15 is 0 Å². The second-order valence-electron chi connectivity index (χ2n) is 7.39. The monoisotopic (exact) mass is 398 g/mol. The fourth-order valence-electron chi connectivity index (χ4n) is 3.99. The molecular formula is C24H22N4O2. The van der Waals surface area contributed by atoms with Crippen LogP contribution >= 0.6 is 0 Å². The molecule has 5 rings (SSSR count). The molecule has 0 fully saturated rings. The third kappa shape index (κ3) is 3.02. The second-order valence-corrected chi connectivity index (χ2v) is 7.39. The number of benzene rings is 3. The summed E-state index contributed by atoms with van der Waals surface area (Å²) >= 11 is 0. The van der Waals surface area contributed by atoms with E-state index in [-0.39, 0.29) is 5.56 Å². The molecule has 2 heterocycles. The van der Waals surface area contributed by atoms with E-state index in [1.54, 1.807) is 7.11 Å². The van der Waals surface area contributed by atoms with Crippen molar-refractivity contribution in [2.24, 2.45) is 5.73 Å². The Labute approximate surface area is 172 Å². The van der Waals surface area contributed by atoms with Gasteiger partial charge in [0.1, 0.15) is 11.4 Å². The number of hydrogen-bond donors (Lipinski definition) is 2. The van der Waals surface area contributed by atoms with Crippen molar-refractivity contribution >= 4 is 32.7 Å². The fourth-order valence-corrected chi connectivity index (χ4v) is 3.99. The zero-order valence-electron chi connectivity index (χ0n) is 16.7. The van der Waals surface area contributed by atoms with Gasteiger partial charge in [0.15, 0.2) is 0 Å². The molecule has 30 heavy (non-hydrogen) atoms. The molecule has 5 aromatic rings. The molecule has 6 heteroatoms. The topological polar surface area (TPSA) is 85.9 Å². The van der Waals surface area contributed by atoms with Crippen LogP contribution in [0.3, 0.4) is 0 Å². The highest BCUT2D eigenvalue weighted by Gasteiger charge is 2.16. The number of ether oxygens (including phenoxy) is 1. The van der Waals surface area contributed by atoms with Crippen LogP contribution in [0.2, 0.25) is 0 Å². The number of hydrogen-bond acceptors (Lipinski definition) is 4. The zero-order valence-corrected chi connectivity index (χ0v) is 16.7. The average molecular weight is 398 g/mol. The van der Waals surface area contributed by atoms with Crippen molar-refractivity contribution in [3.8, 4) is 17.0 Å². The maximum absolute atomic E-state index is 13.0. The summed E-state index contributed by atoms with van der Waals surface area (Å²) < 4.78 is 7.54. The Morgan fingerprint density at radius 3 is 2.67 bits per heavy atom. The zero-order chi connectivity index (χ0) is 20.7. The quantitative estimate of drug-likeness (QED) is 0.437. The van der Waals surface area contributed by atoms with E-state index in [0.29, 0.717) is 12.2 Å². The normalized spacial score (nSPS) is 11.5. The molecule has 0 saturated heterocycles. The van der Waals surface area contributed by atoms with Crippen molar-refractivity contribution in [1.29, 1.82) is 0 Å². The maximum atomic E-state index is 13.0. The number of nitrogens with one attached hydrogen (secondary N) is 1. The molecule has 6 nitrogen and oxygen atoms in total. The highest BCUT2D eigenvalue weighted by atomic mass is 16.5. The molecule has 0 amide bonds. The van der Waals surface area contributed by atoms with Gasteiger partial charge in [0, 0.05) is 29.2 Å². The third-order valence-electron chi connectivity index (χ3n) is 5.51. The first-order valence-electron chi connectivity index (χ1n) is 9.98. The maximum Gasteiger partial charge on any atom is 0.275 e. The summed E-state index contributed by atoms with van der Waals surface area (Å²) in [4.78, 5) is 20.8. The summed E-state index contributed by atoms with van der Waals surface area (Å²) in [5.41, 5.74) is 9.21. The van der Waals surface area contributed by atoms with Crippen LogP contribution in [-0.2, 0) is 6.54 Å². The Morgan fingerprint density at radius 1 is 1.10 bits per heavy atom. The van der Waals surface area contributed by atoms with Crippen molar-refractivity contribution in [3.05, 3.63) is 71.1 Å². The second kappa shape index (κ2) is 7.31. The van der Waals surface area contributed by atoms with Crippen LogP contribution in [0.1, 0.15) is 6.42 Å². The standard InChI is InChI=1S/C24H22N4O2/c1-30-17-7-8-22-18(13-17)19(14-28(22)10-4-9-25)23-24(29)27-21-12-16-6-3-2-5-15(16)11-20(21)26-23/h2-3,5-8,11-14H,4,9-10,25H2,1H3,(H,27,29). The van der Waals surface area contributed by atoms with Crippen LogP contribution in [0, 0.1) is 0 Å². The van der Waals surface area contributed by atoms with Gasteiger partial charge >= 0.3 is 0 Å². The van der Waals surface area contributed by atoms with Gasteiger partial charge in [0.05, 0.1) is 18.1 Å². The van der Waals surface area contributed by atoms with Gasteiger partial charge in [-0.1, -0.05) is 24.3 Å². The molecule has 3 aromatic carbocycles. The first kappa shape index (κ1) is 18.4. The van der Waals surface area contributed by atoms with Gasteiger partial charge in [0.2, 0.25) is 0 Å². The van der Waals surface area contributed by atoms with Gasteiger partial charge in [-0.3, -0.25) is 4.79 Å². The lowest BCUT2D eigenvalue weighted by Gasteiger charge is -2.05. The number of fused-ring (bicyclic) bond motifs is 3. The molecule has 2 aromatic heterocycles. The molecule has 0 aliphatic heterocycles. The Hall–Kier alpha value is -3.64. The van der Waals surface area contributed by atoms with E-state index in [4.69, 9.17) is 15.5 Å². The minimum atomic E-state index is -0.210. The van der Waals surface area contributed by atoms with Gasteiger partial charge in [-0.15, -0.1) is 0 Å². The first-order valence-corrected chi connectivity index (χ1v) is 9.98. The van der Waals surface area contributed by atoms with Gasteiger partial charge in [-0.25, -0.2) is 4.98 Å². The molecule has 0 aliphatic carbocycles. The lowest BCUT2D eigenvalue weighted by molar-refractivity contribution is 0.415. The van der Waals surface area contributed by atoms with Gasteiger partial charge in [-0.05, 0) is 54.1 Å². The number of nitrogens with two attached hydrogens (primary N) is 1. The summed E-state index contributed by atoms with van der Waals surface area (Å²) in [5.74, 6) is 0.739. The summed E-state index contributed by atoms with van der Waals surface area (Å²) in [7, 11) is 1.64. The van der Waals surface area contributed by atoms with Crippen molar-refractivity contribution < 1.29 is 4.74 Å². The molecule has 3 N–H and O–H groups in total. The number of methoxy groups -OCH3 is 1.